The molecular formula is C14H17NOS. The van der Waals surface area contributed by atoms with Crippen LogP contribution in [0, 0.1) is 0 Å². The highest BCUT2D eigenvalue weighted by Crippen LogP contribution is 2.39. The van der Waals surface area contributed by atoms with Crippen LogP contribution in [-0.4, -0.2) is 20.2 Å². The molecule has 0 radical (unpaired) electrons. The Morgan fingerprint density at radius 2 is 2.12 bits per heavy atom. The van der Waals surface area contributed by atoms with Crippen LogP contribution in [0.4, 0.5) is 0 Å². The summed E-state index contributed by atoms with van der Waals surface area (Å²) in [5.41, 5.74) is 1.52. The molecule has 1 N–H and O–H groups in total. The Labute approximate surface area is 106 Å². The summed E-state index contributed by atoms with van der Waals surface area (Å²) in [7, 11) is 1.75. The Kier molecular flexibility index (Phi) is 3.04. The minimum Gasteiger partial charge on any atom is -0.495 e. The van der Waals surface area contributed by atoms with Gasteiger partial charge in [-0.15, -0.1) is 11.3 Å². The Balaban J connectivity index is 2.05. The van der Waals surface area contributed by atoms with Crippen molar-refractivity contribution >= 4 is 21.4 Å². The fraction of sp³-hybridized carbons (Fsp3) is 0.429. The van der Waals surface area contributed by atoms with Gasteiger partial charge in [0.05, 0.1) is 11.8 Å². The number of piperidine rings is 1. The molecule has 90 valence electrons. The maximum Gasteiger partial charge on any atom is 0.136 e. The number of hydrogen-bond donors (Lipinski definition) is 1. The smallest absolute Gasteiger partial charge is 0.136 e. The van der Waals surface area contributed by atoms with Crippen LogP contribution >= 0.6 is 11.3 Å². The molecule has 0 unspecified atom stereocenters. The maximum atomic E-state index is 5.43. The largest absolute Gasteiger partial charge is 0.495 e. The first kappa shape index (κ1) is 11.1. The van der Waals surface area contributed by atoms with E-state index in [0.717, 1.165) is 24.8 Å². The summed E-state index contributed by atoms with van der Waals surface area (Å²) >= 11 is 1.81. The monoisotopic (exact) mass is 247 g/mol. The fourth-order valence-corrected chi connectivity index (χ4v) is 3.81. The van der Waals surface area contributed by atoms with Crippen molar-refractivity contribution in [2.24, 2.45) is 0 Å². The van der Waals surface area contributed by atoms with E-state index in [4.69, 9.17) is 4.74 Å². The van der Waals surface area contributed by atoms with Gasteiger partial charge in [-0.05, 0) is 54.2 Å². The first-order valence-electron chi connectivity index (χ1n) is 6.15. The second-order valence-corrected chi connectivity index (χ2v) is 5.43. The molecule has 0 atom stereocenters. The summed E-state index contributed by atoms with van der Waals surface area (Å²) < 4.78 is 6.72. The lowest BCUT2D eigenvalue weighted by Crippen LogP contribution is -2.26. The van der Waals surface area contributed by atoms with Crippen molar-refractivity contribution in [3.8, 4) is 5.75 Å². The molecule has 1 fully saturated rings. The molecule has 2 aromatic rings. The van der Waals surface area contributed by atoms with E-state index < -0.39 is 0 Å². The molecule has 0 saturated carbocycles. The molecule has 0 aliphatic carbocycles. The Morgan fingerprint density at radius 3 is 2.88 bits per heavy atom. The molecule has 3 rings (SSSR count). The van der Waals surface area contributed by atoms with Gasteiger partial charge in [0.2, 0.25) is 0 Å². The average molecular weight is 247 g/mol. The van der Waals surface area contributed by atoms with Gasteiger partial charge in [0.15, 0.2) is 0 Å². The number of fused-ring (bicyclic) bond motifs is 1. The zero-order chi connectivity index (χ0) is 11.7. The lowest BCUT2D eigenvalue weighted by Gasteiger charge is -2.22. The summed E-state index contributed by atoms with van der Waals surface area (Å²) in [5.74, 6) is 1.73. The third-order valence-electron chi connectivity index (χ3n) is 3.59. The van der Waals surface area contributed by atoms with Crippen molar-refractivity contribution in [2.45, 2.75) is 18.8 Å². The van der Waals surface area contributed by atoms with Gasteiger partial charge in [-0.1, -0.05) is 12.1 Å². The van der Waals surface area contributed by atoms with Gasteiger partial charge in [-0.2, -0.15) is 0 Å². The number of rotatable bonds is 2. The van der Waals surface area contributed by atoms with Crippen LogP contribution in [0.2, 0.25) is 0 Å². The molecule has 0 spiro atoms. The quantitative estimate of drug-likeness (QED) is 0.878. The number of hydrogen-bond acceptors (Lipinski definition) is 3. The fourth-order valence-electron chi connectivity index (χ4n) is 2.66. The highest BCUT2D eigenvalue weighted by Gasteiger charge is 2.19. The van der Waals surface area contributed by atoms with Crippen LogP contribution in [0.5, 0.6) is 5.75 Å². The summed E-state index contributed by atoms with van der Waals surface area (Å²) in [6.07, 6.45) is 2.51. The topological polar surface area (TPSA) is 21.3 Å². The second kappa shape index (κ2) is 4.67. The standard InChI is InChI=1S/C14H17NOS/c1-16-13-4-2-3-11-12(9-17-14(11)13)10-5-7-15-8-6-10/h2-4,9-10,15H,5-8H2,1H3. The molecule has 0 bridgehead atoms. The van der Waals surface area contributed by atoms with Crippen LogP contribution in [-0.2, 0) is 0 Å². The molecule has 2 nitrogen and oxygen atoms in total. The van der Waals surface area contributed by atoms with Crippen LogP contribution in [0.1, 0.15) is 24.3 Å². The maximum absolute atomic E-state index is 5.43. The van der Waals surface area contributed by atoms with Crippen molar-refractivity contribution in [3.63, 3.8) is 0 Å². The molecular weight excluding hydrogens is 230 g/mol. The number of benzene rings is 1. The van der Waals surface area contributed by atoms with E-state index in [1.807, 2.05) is 17.4 Å². The molecule has 17 heavy (non-hydrogen) atoms. The first-order chi connectivity index (χ1) is 8.40. The second-order valence-electron chi connectivity index (χ2n) is 4.55. The van der Waals surface area contributed by atoms with Crippen molar-refractivity contribution in [3.05, 3.63) is 29.1 Å². The minimum atomic E-state index is 0.720. The van der Waals surface area contributed by atoms with Gasteiger partial charge in [-0.25, -0.2) is 0 Å². The lowest BCUT2D eigenvalue weighted by atomic mass is 9.90. The Hall–Kier alpha value is -1.06. The zero-order valence-corrected chi connectivity index (χ0v) is 10.8. The van der Waals surface area contributed by atoms with Crippen LogP contribution < -0.4 is 10.1 Å². The van der Waals surface area contributed by atoms with Crippen LogP contribution in [0.25, 0.3) is 10.1 Å². The molecule has 3 heteroatoms. The predicted octanol–water partition coefficient (Wildman–Crippen LogP) is 3.38. The molecule has 1 aromatic heterocycles. The predicted molar refractivity (Wildman–Crippen MR) is 73.2 cm³/mol. The first-order valence-corrected chi connectivity index (χ1v) is 7.03. The van der Waals surface area contributed by atoms with E-state index in [1.165, 1.54) is 28.5 Å². The SMILES string of the molecule is COc1cccc2c(C3CCNCC3)csc12. The van der Waals surface area contributed by atoms with Gasteiger partial charge in [0, 0.05) is 0 Å². The third-order valence-corrected chi connectivity index (χ3v) is 4.62. The van der Waals surface area contributed by atoms with E-state index in [2.05, 4.69) is 22.8 Å². The minimum absolute atomic E-state index is 0.720. The average Bonchev–Trinajstić information content (AvgIpc) is 2.83. The van der Waals surface area contributed by atoms with Gasteiger partial charge in [0.25, 0.3) is 0 Å². The summed E-state index contributed by atoms with van der Waals surface area (Å²) in [6, 6.07) is 6.37. The number of ether oxygens (including phenoxy) is 1. The van der Waals surface area contributed by atoms with E-state index in [9.17, 15) is 0 Å². The van der Waals surface area contributed by atoms with Crippen molar-refractivity contribution in [1.29, 1.82) is 0 Å². The van der Waals surface area contributed by atoms with Gasteiger partial charge in [-0.3, -0.25) is 0 Å². The van der Waals surface area contributed by atoms with Gasteiger partial charge < -0.3 is 10.1 Å². The van der Waals surface area contributed by atoms with Gasteiger partial charge >= 0.3 is 0 Å². The highest BCUT2D eigenvalue weighted by atomic mass is 32.1. The summed E-state index contributed by atoms with van der Waals surface area (Å²) in [6.45, 7) is 2.29. The van der Waals surface area contributed by atoms with E-state index in [0.29, 0.717) is 0 Å². The molecule has 1 aliphatic rings. The number of thiophene rings is 1. The van der Waals surface area contributed by atoms with Crippen molar-refractivity contribution in [1.82, 2.24) is 5.32 Å². The summed E-state index contributed by atoms with van der Waals surface area (Å²) in [4.78, 5) is 0. The molecule has 0 amide bonds. The Bertz CT molecular complexity index is 514. The third kappa shape index (κ3) is 1.94. The van der Waals surface area contributed by atoms with Crippen molar-refractivity contribution < 1.29 is 4.74 Å². The van der Waals surface area contributed by atoms with E-state index in [1.54, 1.807) is 7.11 Å². The van der Waals surface area contributed by atoms with Crippen molar-refractivity contribution in [2.75, 3.05) is 20.2 Å². The summed E-state index contributed by atoms with van der Waals surface area (Å²) in [5, 5.41) is 7.14. The molecule has 1 saturated heterocycles. The molecule has 2 heterocycles. The number of nitrogens with one attached hydrogen (secondary N) is 1. The van der Waals surface area contributed by atoms with Crippen LogP contribution in [0.3, 0.4) is 0 Å². The zero-order valence-electron chi connectivity index (χ0n) is 10.0. The normalized spacial score (nSPS) is 17.5. The van der Waals surface area contributed by atoms with E-state index >= 15 is 0 Å². The highest BCUT2D eigenvalue weighted by molar-refractivity contribution is 7.17. The Morgan fingerprint density at radius 1 is 1.29 bits per heavy atom. The lowest BCUT2D eigenvalue weighted by molar-refractivity contribution is 0.420. The molecule has 1 aromatic carbocycles. The molecule has 1 aliphatic heterocycles. The van der Waals surface area contributed by atoms with Gasteiger partial charge in [0.1, 0.15) is 5.75 Å². The van der Waals surface area contributed by atoms with E-state index in [-0.39, 0.29) is 0 Å². The van der Waals surface area contributed by atoms with Crippen LogP contribution in [0.15, 0.2) is 23.6 Å². The number of methoxy groups -OCH3 is 1.